The lowest BCUT2D eigenvalue weighted by atomic mass is 9.99. The molecular weight excluding hydrogens is 246 g/mol. The van der Waals surface area contributed by atoms with E-state index >= 15 is 0 Å². The Kier molecular flexibility index (Phi) is 2.95. The van der Waals surface area contributed by atoms with Gasteiger partial charge in [-0.3, -0.25) is 4.98 Å². The third-order valence-electron chi connectivity index (χ3n) is 4.01. The van der Waals surface area contributed by atoms with Crippen molar-refractivity contribution in [3.8, 4) is 0 Å². The minimum Gasteiger partial charge on any atom is -0.393 e. The first-order valence-electron chi connectivity index (χ1n) is 6.37. The summed E-state index contributed by atoms with van der Waals surface area (Å²) >= 11 is 4.90. The lowest BCUT2D eigenvalue weighted by Gasteiger charge is -2.38. The molecule has 1 aromatic rings. The molecule has 2 bridgehead atoms. The third kappa shape index (κ3) is 1.97. The van der Waals surface area contributed by atoms with Crippen LogP contribution in [0.3, 0.4) is 0 Å². The van der Waals surface area contributed by atoms with Crippen molar-refractivity contribution in [3.63, 3.8) is 0 Å². The first-order valence-corrected chi connectivity index (χ1v) is 6.78. The van der Waals surface area contributed by atoms with Crippen LogP contribution in [0.2, 0.25) is 0 Å². The van der Waals surface area contributed by atoms with Crippen LogP contribution in [0, 0.1) is 0 Å². The van der Waals surface area contributed by atoms with Crippen molar-refractivity contribution in [3.05, 3.63) is 24.0 Å². The van der Waals surface area contributed by atoms with Crippen LogP contribution < -0.4 is 10.6 Å². The number of aliphatic hydroxyl groups excluding tert-OH is 1. The number of aromatic nitrogens is 1. The molecule has 2 fully saturated rings. The van der Waals surface area contributed by atoms with Gasteiger partial charge in [-0.1, -0.05) is 12.2 Å². The molecule has 18 heavy (non-hydrogen) atoms. The molecule has 0 amide bonds. The van der Waals surface area contributed by atoms with Crippen LogP contribution in [-0.2, 0) is 0 Å². The predicted octanol–water partition coefficient (Wildman–Crippen LogP) is 1.21. The number of anilines is 1. The second-order valence-electron chi connectivity index (χ2n) is 5.18. The van der Waals surface area contributed by atoms with Crippen LogP contribution in [0.1, 0.15) is 31.4 Å². The van der Waals surface area contributed by atoms with Gasteiger partial charge in [-0.2, -0.15) is 0 Å². The lowest BCUT2D eigenvalue weighted by molar-refractivity contribution is 0.126. The van der Waals surface area contributed by atoms with E-state index in [-0.39, 0.29) is 6.10 Å². The summed E-state index contributed by atoms with van der Waals surface area (Å²) in [5, 5.41) is 9.80. The highest BCUT2D eigenvalue weighted by Gasteiger charge is 2.40. The second-order valence-corrected chi connectivity index (χ2v) is 5.62. The van der Waals surface area contributed by atoms with Crippen molar-refractivity contribution in [1.82, 2.24) is 4.98 Å². The molecule has 0 saturated carbocycles. The SMILES string of the molecule is NC(=S)c1ccc(N2C3CCC2CC(O)C3)cn1. The zero-order valence-corrected chi connectivity index (χ0v) is 10.9. The van der Waals surface area contributed by atoms with E-state index in [4.69, 9.17) is 18.0 Å². The Morgan fingerprint density at radius 2 is 2.00 bits per heavy atom. The van der Waals surface area contributed by atoms with Crippen molar-refractivity contribution >= 4 is 22.9 Å². The van der Waals surface area contributed by atoms with Crippen molar-refractivity contribution in [1.29, 1.82) is 0 Å². The Morgan fingerprint density at radius 1 is 1.33 bits per heavy atom. The zero-order chi connectivity index (χ0) is 12.7. The highest BCUT2D eigenvalue weighted by atomic mass is 32.1. The average molecular weight is 263 g/mol. The molecule has 3 heterocycles. The number of hydrogen-bond acceptors (Lipinski definition) is 4. The molecule has 2 aliphatic rings. The molecule has 0 aliphatic carbocycles. The van der Waals surface area contributed by atoms with Gasteiger partial charge in [-0.15, -0.1) is 0 Å². The summed E-state index contributed by atoms with van der Waals surface area (Å²) in [6.45, 7) is 0. The Balaban J connectivity index is 1.85. The molecule has 2 aliphatic heterocycles. The van der Waals surface area contributed by atoms with Crippen LogP contribution in [0.25, 0.3) is 0 Å². The summed E-state index contributed by atoms with van der Waals surface area (Å²) in [6.07, 6.45) is 5.78. The monoisotopic (exact) mass is 263 g/mol. The molecule has 2 atom stereocenters. The number of aliphatic hydroxyl groups is 1. The van der Waals surface area contributed by atoms with E-state index < -0.39 is 0 Å². The Hall–Kier alpha value is -1.20. The van der Waals surface area contributed by atoms with Crippen LogP contribution in [0.15, 0.2) is 18.3 Å². The van der Waals surface area contributed by atoms with Gasteiger partial charge in [0.2, 0.25) is 0 Å². The maximum Gasteiger partial charge on any atom is 0.122 e. The van der Waals surface area contributed by atoms with Gasteiger partial charge in [0.15, 0.2) is 0 Å². The molecule has 3 rings (SSSR count). The third-order valence-corrected chi connectivity index (χ3v) is 4.22. The lowest BCUT2D eigenvalue weighted by Crippen LogP contribution is -2.44. The van der Waals surface area contributed by atoms with Gasteiger partial charge in [0, 0.05) is 12.1 Å². The van der Waals surface area contributed by atoms with Crippen LogP contribution >= 0.6 is 12.2 Å². The summed E-state index contributed by atoms with van der Waals surface area (Å²) in [6, 6.07) is 4.82. The van der Waals surface area contributed by atoms with Gasteiger partial charge in [-0.25, -0.2) is 0 Å². The van der Waals surface area contributed by atoms with E-state index in [9.17, 15) is 5.11 Å². The summed E-state index contributed by atoms with van der Waals surface area (Å²) < 4.78 is 0. The number of rotatable bonds is 2. The standard InChI is InChI=1S/C13H17N3OS/c14-13(18)12-4-3-10(7-15-12)16-8-1-2-9(16)6-11(17)5-8/h3-4,7-9,11,17H,1-2,5-6H2,(H2,14,18). The molecule has 0 radical (unpaired) electrons. The van der Waals surface area contributed by atoms with E-state index in [1.165, 1.54) is 12.8 Å². The number of piperidine rings is 1. The molecule has 3 N–H and O–H groups in total. The molecule has 5 heteroatoms. The Labute approximate surface area is 112 Å². The van der Waals surface area contributed by atoms with E-state index in [0.29, 0.717) is 22.8 Å². The first kappa shape index (κ1) is 11.9. The van der Waals surface area contributed by atoms with Crippen LogP contribution in [-0.4, -0.2) is 33.3 Å². The number of hydrogen-bond donors (Lipinski definition) is 2. The fraction of sp³-hybridized carbons (Fsp3) is 0.538. The van der Waals surface area contributed by atoms with Gasteiger partial charge in [0.1, 0.15) is 4.99 Å². The fourth-order valence-electron chi connectivity index (χ4n) is 3.25. The van der Waals surface area contributed by atoms with E-state index in [2.05, 4.69) is 9.88 Å². The summed E-state index contributed by atoms with van der Waals surface area (Å²) in [5.74, 6) is 0. The first-order chi connectivity index (χ1) is 8.65. The number of nitrogens with two attached hydrogens (primary N) is 1. The summed E-state index contributed by atoms with van der Waals surface area (Å²) in [5.41, 5.74) is 7.33. The summed E-state index contributed by atoms with van der Waals surface area (Å²) in [7, 11) is 0. The Morgan fingerprint density at radius 3 is 2.50 bits per heavy atom. The number of pyridine rings is 1. The quantitative estimate of drug-likeness (QED) is 0.785. The number of fused-ring (bicyclic) bond motifs is 2. The molecule has 1 aromatic heterocycles. The van der Waals surface area contributed by atoms with Gasteiger partial charge < -0.3 is 15.7 Å². The molecule has 2 unspecified atom stereocenters. The van der Waals surface area contributed by atoms with Gasteiger partial charge in [-0.05, 0) is 37.8 Å². The molecule has 0 aromatic carbocycles. The highest BCUT2D eigenvalue weighted by Crippen LogP contribution is 2.38. The van der Waals surface area contributed by atoms with Gasteiger partial charge in [0.25, 0.3) is 0 Å². The minimum absolute atomic E-state index is 0.136. The average Bonchev–Trinajstić information content (AvgIpc) is 2.62. The zero-order valence-electron chi connectivity index (χ0n) is 10.1. The largest absolute Gasteiger partial charge is 0.393 e. The number of thiocarbonyl (C=S) groups is 1. The van der Waals surface area contributed by atoms with E-state index in [1.54, 1.807) is 0 Å². The molecule has 2 saturated heterocycles. The van der Waals surface area contributed by atoms with Crippen molar-refractivity contribution < 1.29 is 5.11 Å². The van der Waals surface area contributed by atoms with Crippen LogP contribution in [0.4, 0.5) is 5.69 Å². The van der Waals surface area contributed by atoms with Crippen molar-refractivity contribution in [2.75, 3.05) is 4.90 Å². The topological polar surface area (TPSA) is 62.4 Å². The molecule has 0 spiro atoms. The maximum atomic E-state index is 9.80. The molecular formula is C13H17N3OS. The summed E-state index contributed by atoms with van der Waals surface area (Å²) in [4.78, 5) is 7.04. The van der Waals surface area contributed by atoms with Gasteiger partial charge >= 0.3 is 0 Å². The van der Waals surface area contributed by atoms with Crippen molar-refractivity contribution in [2.24, 2.45) is 5.73 Å². The van der Waals surface area contributed by atoms with Crippen LogP contribution in [0.5, 0.6) is 0 Å². The molecule has 4 nitrogen and oxygen atoms in total. The fourth-order valence-corrected chi connectivity index (χ4v) is 3.38. The minimum atomic E-state index is -0.136. The van der Waals surface area contributed by atoms with E-state index in [1.807, 2.05) is 18.3 Å². The smallest absolute Gasteiger partial charge is 0.122 e. The normalized spacial score (nSPS) is 30.5. The molecule has 96 valence electrons. The number of nitrogens with zero attached hydrogens (tertiary/aromatic N) is 2. The van der Waals surface area contributed by atoms with Crippen molar-refractivity contribution in [2.45, 2.75) is 43.9 Å². The van der Waals surface area contributed by atoms with Gasteiger partial charge in [0.05, 0.1) is 23.7 Å². The Bertz CT molecular complexity index is 448. The van der Waals surface area contributed by atoms with E-state index in [0.717, 1.165) is 18.5 Å². The highest BCUT2D eigenvalue weighted by molar-refractivity contribution is 7.80. The predicted molar refractivity (Wildman–Crippen MR) is 74.7 cm³/mol. The second kappa shape index (κ2) is 4.48. The maximum absolute atomic E-state index is 9.80.